The number of benzene rings is 1. The minimum absolute atomic E-state index is 0.0655. The van der Waals surface area contributed by atoms with Crippen LogP contribution in [0.25, 0.3) is 10.8 Å². The van der Waals surface area contributed by atoms with Crippen LogP contribution in [0.5, 0.6) is 11.6 Å². The van der Waals surface area contributed by atoms with E-state index in [1.807, 2.05) is 19.9 Å². The van der Waals surface area contributed by atoms with E-state index in [-0.39, 0.29) is 6.10 Å². The Kier molecular flexibility index (Phi) is 4.85. The van der Waals surface area contributed by atoms with Gasteiger partial charge in [0.25, 0.3) is 5.91 Å². The summed E-state index contributed by atoms with van der Waals surface area (Å²) in [5.74, 6) is 0.495. The Balaban J connectivity index is 1.95. The summed E-state index contributed by atoms with van der Waals surface area (Å²) in [6.07, 6.45) is 3.89. The van der Waals surface area contributed by atoms with Crippen LogP contribution in [0.4, 0.5) is 0 Å². The van der Waals surface area contributed by atoms with Gasteiger partial charge in [0.2, 0.25) is 5.88 Å². The highest BCUT2D eigenvalue weighted by atomic mass is 16.5. The van der Waals surface area contributed by atoms with Crippen LogP contribution in [0.2, 0.25) is 0 Å². The van der Waals surface area contributed by atoms with Gasteiger partial charge in [0.15, 0.2) is 0 Å². The fourth-order valence-electron chi connectivity index (χ4n) is 2.91. The lowest BCUT2D eigenvalue weighted by Crippen LogP contribution is -2.28. The van der Waals surface area contributed by atoms with E-state index in [4.69, 9.17) is 15.2 Å². The number of carbonyl (C=O) groups is 1. The number of amides is 1. The lowest BCUT2D eigenvalue weighted by molar-refractivity contribution is 0.0994. The van der Waals surface area contributed by atoms with Crippen LogP contribution in [0.3, 0.4) is 0 Å². The first-order valence-corrected chi connectivity index (χ1v) is 8.30. The molecule has 0 aliphatic carbocycles. The monoisotopic (exact) mass is 329 g/mol. The molecule has 1 fully saturated rings. The second-order valence-corrected chi connectivity index (χ2v) is 6.32. The largest absolute Gasteiger partial charge is 0.490 e. The van der Waals surface area contributed by atoms with Crippen LogP contribution >= 0.6 is 0 Å². The molecule has 0 unspecified atom stereocenters. The van der Waals surface area contributed by atoms with Crippen molar-refractivity contribution in [2.45, 2.75) is 38.8 Å². The SMILES string of the molecule is CC(C)Oc1cc2c(OC[C@H]3CCCN3)nccc2cc1C(N)=O. The van der Waals surface area contributed by atoms with Gasteiger partial charge in [-0.15, -0.1) is 0 Å². The topological polar surface area (TPSA) is 86.5 Å². The molecule has 0 spiro atoms. The first-order valence-electron chi connectivity index (χ1n) is 8.30. The number of rotatable bonds is 6. The Morgan fingerprint density at radius 2 is 2.29 bits per heavy atom. The second kappa shape index (κ2) is 7.05. The molecule has 1 aromatic heterocycles. The Morgan fingerprint density at radius 3 is 2.96 bits per heavy atom. The van der Waals surface area contributed by atoms with Gasteiger partial charge in [-0.25, -0.2) is 4.98 Å². The van der Waals surface area contributed by atoms with E-state index in [1.165, 1.54) is 6.42 Å². The third-order valence-corrected chi connectivity index (χ3v) is 4.04. The first-order chi connectivity index (χ1) is 11.5. The number of nitrogens with two attached hydrogens (primary N) is 1. The smallest absolute Gasteiger partial charge is 0.252 e. The summed E-state index contributed by atoms with van der Waals surface area (Å²) in [7, 11) is 0. The fourth-order valence-corrected chi connectivity index (χ4v) is 2.91. The fraction of sp³-hybridized carbons (Fsp3) is 0.444. The van der Waals surface area contributed by atoms with Crippen molar-refractivity contribution in [3.63, 3.8) is 0 Å². The van der Waals surface area contributed by atoms with E-state index in [9.17, 15) is 4.79 Å². The van der Waals surface area contributed by atoms with Gasteiger partial charge in [-0.05, 0) is 56.8 Å². The van der Waals surface area contributed by atoms with E-state index in [1.54, 1.807) is 18.3 Å². The number of aromatic nitrogens is 1. The van der Waals surface area contributed by atoms with E-state index in [0.29, 0.717) is 29.8 Å². The highest BCUT2D eigenvalue weighted by Gasteiger charge is 2.18. The Labute approximate surface area is 141 Å². The summed E-state index contributed by atoms with van der Waals surface area (Å²) in [5.41, 5.74) is 5.85. The molecule has 3 rings (SSSR count). The number of nitrogens with one attached hydrogen (secondary N) is 1. The average molecular weight is 329 g/mol. The summed E-state index contributed by atoms with van der Waals surface area (Å²) >= 11 is 0. The van der Waals surface area contributed by atoms with E-state index < -0.39 is 5.91 Å². The minimum Gasteiger partial charge on any atom is -0.490 e. The van der Waals surface area contributed by atoms with Gasteiger partial charge in [-0.3, -0.25) is 4.79 Å². The van der Waals surface area contributed by atoms with E-state index in [0.717, 1.165) is 23.7 Å². The molecule has 2 heterocycles. The number of pyridine rings is 1. The van der Waals surface area contributed by atoms with Gasteiger partial charge in [0.1, 0.15) is 12.4 Å². The quantitative estimate of drug-likeness (QED) is 0.849. The molecule has 1 atom stereocenters. The van der Waals surface area contributed by atoms with Crippen molar-refractivity contribution in [3.8, 4) is 11.6 Å². The predicted molar refractivity (Wildman–Crippen MR) is 92.5 cm³/mol. The number of primary amides is 1. The number of fused-ring (bicyclic) bond motifs is 1. The molecule has 0 bridgehead atoms. The Bertz CT molecular complexity index is 740. The predicted octanol–water partition coefficient (Wildman–Crippen LogP) is 2.25. The van der Waals surface area contributed by atoms with E-state index in [2.05, 4.69) is 10.3 Å². The lowest BCUT2D eigenvalue weighted by Gasteiger charge is -2.16. The van der Waals surface area contributed by atoms with Crippen LogP contribution < -0.4 is 20.5 Å². The van der Waals surface area contributed by atoms with Gasteiger partial charge < -0.3 is 20.5 Å². The zero-order chi connectivity index (χ0) is 17.1. The van der Waals surface area contributed by atoms with Crippen LogP contribution in [0, 0.1) is 0 Å². The summed E-state index contributed by atoms with van der Waals surface area (Å²) < 4.78 is 11.7. The molecular weight excluding hydrogens is 306 g/mol. The van der Waals surface area contributed by atoms with Crippen molar-refractivity contribution in [1.82, 2.24) is 10.3 Å². The zero-order valence-electron chi connectivity index (χ0n) is 14.0. The maximum absolute atomic E-state index is 11.7. The molecule has 128 valence electrons. The molecule has 0 saturated carbocycles. The number of hydrogen-bond donors (Lipinski definition) is 2. The number of hydrogen-bond acceptors (Lipinski definition) is 5. The number of carbonyl (C=O) groups excluding carboxylic acids is 1. The molecule has 1 saturated heterocycles. The summed E-state index contributed by atoms with van der Waals surface area (Å²) in [4.78, 5) is 16.1. The molecule has 1 aromatic carbocycles. The lowest BCUT2D eigenvalue weighted by atomic mass is 10.1. The van der Waals surface area contributed by atoms with Crippen LogP contribution in [0.1, 0.15) is 37.0 Å². The molecule has 1 aliphatic heterocycles. The Hall–Kier alpha value is -2.34. The molecule has 3 N–H and O–H groups in total. The minimum atomic E-state index is -0.512. The van der Waals surface area contributed by atoms with E-state index >= 15 is 0 Å². The van der Waals surface area contributed by atoms with Crippen LogP contribution in [-0.4, -0.2) is 36.2 Å². The molecule has 0 radical (unpaired) electrons. The average Bonchev–Trinajstić information content (AvgIpc) is 3.05. The van der Waals surface area contributed by atoms with Gasteiger partial charge >= 0.3 is 0 Å². The van der Waals surface area contributed by atoms with Crippen LogP contribution in [0.15, 0.2) is 24.4 Å². The standard InChI is InChI=1S/C18H23N3O3/c1-11(2)24-16-9-14-12(8-15(16)17(19)22)5-7-21-18(14)23-10-13-4-3-6-20-13/h5,7-9,11,13,20H,3-4,6,10H2,1-2H3,(H2,19,22)/t13-/m1/s1. The normalized spacial score (nSPS) is 17.4. The van der Waals surface area contributed by atoms with Crippen molar-refractivity contribution < 1.29 is 14.3 Å². The van der Waals surface area contributed by atoms with Gasteiger partial charge in [0.05, 0.1) is 11.7 Å². The van der Waals surface area contributed by atoms with Crippen molar-refractivity contribution in [2.75, 3.05) is 13.2 Å². The molecule has 1 aliphatic rings. The molecule has 6 heteroatoms. The van der Waals surface area contributed by atoms with Gasteiger partial charge in [-0.2, -0.15) is 0 Å². The molecule has 2 aromatic rings. The molecule has 1 amide bonds. The zero-order valence-corrected chi connectivity index (χ0v) is 14.0. The van der Waals surface area contributed by atoms with Gasteiger partial charge in [0, 0.05) is 17.6 Å². The van der Waals surface area contributed by atoms with Crippen molar-refractivity contribution in [2.24, 2.45) is 5.73 Å². The molecule has 6 nitrogen and oxygen atoms in total. The maximum Gasteiger partial charge on any atom is 0.252 e. The second-order valence-electron chi connectivity index (χ2n) is 6.32. The van der Waals surface area contributed by atoms with Crippen molar-refractivity contribution in [3.05, 3.63) is 30.0 Å². The third kappa shape index (κ3) is 3.59. The highest BCUT2D eigenvalue weighted by molar-refractivity contribution is 6.01. The summed E-state index contributed by atoms with van der Waals surface area (Å²) in [6.45, 7) is 5.41. The number of ether oxygens (including phenoxy) is 2. The van der Waals surface area contributed by atoms with Crippen molar-refractivity contribution >= 4 is 16.7 Å². The third-order valence-electron chi connectivity index (χ3n) is 4.04. The number of nitrogens with zero attached hydrogens (tertiary/aromatic N) is 1. The van der Waals surface area contributed by atoms with Crippen molar-refractivity contribution in [1.29, 1.82) is 0 Å². The maximum atomic E-state index is 11.7. The first kappa shape index (κ1) is 16.5. The summed E-state index contributed by atoms with van der Waals surface area (Å²) in [6, 6.07) is 5.72. The van der Waals surface area contributed by atoms with Gasteiger partial charge in [-0.1, -0.05) is 0 Å². The molecular formula is C18H23N3O3. The Morgan fingerprint density at radius 1 is 1.46 bits per heavy atom. The van der Waals surface area contributed by atoms with Crippen LogP contribution in [-0.2, 0) is 0 Å². The summed E-state index contributed by atoms with van der Waals surface area (Å²) in [5, 5.41) is 5.06. The highest BCUT2D eigenvalue weighted by Crippen LogP contribution is 2.31. The molecule has 24 heavy (non-hydrogen) atoms.